The number of para-hydroxylation sites is 1. The van der Waals surface area contributed by atoms with E-state index < -0.39 is 0 Å². The number of nitrogens with zero attached hydrogens (tertiary/aromatic N) is 1. The topological polar surface area (TPSA) is 109 Å². The van der Waals surface area contributed by atoms with Gasteiger partial charge in [0.1, 0.15) is 5.82 Å². The third kappa shape index (κ3) is 4.39. The molecule has 3 amide bonds. The quantitative estimate of drug-likeness (QED) is 0.384. The van der Waals surface area contributed by atoms with Crippen LogP contribution < -0.4 is 21.7 Å². The van der Waals surface area contributed by atoms with Crippen molar-refractivity contribution in [1.82, 2.24) is 9.69 Å². The number of carbonyl (C=O) groups excluding carboxylic acids is 2. The minimum absolute atomic E-state index is 0.264. The van der Waals surface area contributed by atoms with Crippen LogP contribution in [0.2, 0.25) is 0 Å². The number of nitrogens with two attached hydrogens (primary N) is 1. The Bertz CT molecular complexity index is 1210. The van der Waals surface area contributed by atoms with Gasteiger partial charge in [-0.05, 0) is 53.5 Å². The number of hydrogen-bond acceptors (Lipinski definition) is 5. The third-order valence-electron chi connectivity index (χ3n) is 4.44. The first-order valence-corrected chi connectivity index (χ1v) is 10.0. The Morgan fingerprint density at radius 1 is 0.900 bits per heavy atom. The molecule has 30 heavy (non-hydrogen) atoms. The van der Waals surface area contributed by atoms with Gasteiger partial charge in [0, 0.05) is 23.3 Å². The Kier molecular flexibility index (Phi) is 5.58. The SMILES string of the molecule is Nc1nsc2cccc(C(=O)Nc3cccc(CNC(=O)Nc4ccccc4)c3)c12. The lowest BCUT2D eigenvalue weighted by Crippen LogP contribution is -2.28. The molecule has 0 bridgehead atoms. The first-order chi connectivity index (χ1) is 14.6. The molecule has 8 heteroatoms. The van der Waals surface area contributed by atoms with Gasteiger partial charge >= 0.3 is 6.03 Å². The van der Waals surface area contributed by atoms with Crippen molar-refractivity contribution in [1.29, 1.82) is 0 Å². The van der Waals surface area contributed by atoms with Crippen LogP contribution in [0.25, 0.3) is 10.1 Å². The summed E-state index contributed by atoms with van der Waals surface area (Å²) in [6.45, 7) is 0.319. The minimum Gasteiger partial charge on any atom is -0.382 e. The van der Waals surface area contributed by atoms with E-state index in [9.17, 15) is 9.59 Å². The van der Waals surface area contributed by atoms with Crippen molar-refractivity contribution < 1.29 is 9.59 Å². The summed E-state index contributed by atoms with van der Waals surface area (Å²) in [6, 6.07) is 21.6. The van der Waals surface area contributed by atoms with Crippen LogP contribution >= 0.6 is 11.5 Å². The van der Waals surface area contributed by atoms with E-state index in [1.54, 1.807) is 18.2 Å². The van der Waals surface area contributed by atoms with Crippen LogP contribution in [-0.2, 0) is 6.54 Å². The van der Waals surface area contributed by atoms with Crippen LogP contribution in [0, 0.1) is 0 Å². The molecule has 0 radical (unpaired) electrons. The van der Waals surface area contributed by atoms with E-state index in [0.29, 0.717) is 34.7 Å². The van der Waals surface area contributed by atoms with Gasteiger partial charge in [0.15, 0.2) is 0 Å². The van der Waals surface area contributed by atoms with Gasteiger partial charge in [-0.2, -0.15) is 4.37 Å². The summed E-state index contributed by atoms with van der Waals surface area (Å²) in [6.07, 6.45) is 0. The number of fused-ring (bicyclic) bond motifs is 1. The standard InChI is InChI=1S/C22H19N5O2S/c23-20-19-17(10-5-11-18(19)30-27-20)21(28)25-16-9-4-6-14(12-16)13-24-22(29)26-15-7-2-1-3-8-15/h1-12H,13H2,(H2,23,27)(H,25,28)(H2,24,26,29). The van der Waals surface area contributed by atoms with Gasteiger partial charge < -0.3 is 21.7 Å². The second-order valence-electron chi connectivity index (χ2n) is 6.57. The van der Waals surface area contributed by atoms with Gasteiger partial charge in [-0.1, -0.05) is 36.4 Å². The first-order valence-electron chi connectivity index (χ1n) is 9.24. The van der Waals surface area contributed by atoms with E-state index in [2.05, 4.69) is 20.3 Å². The maximum absolute atomic E-state index is 12.8. The van der Waals surface area contributed by atoms with Crippen LogP contribution in [-0.4, -0.2) is 16.3 Å². The van der Waals surface area contributed by atoms with Crippen molar-refractivity contribution in [3.63, 3.8) is 0 Å². The molecule has 0 spiro atoms. The van der Waals surface area contributed by atoms with Gasteiger partial charge in [-0.15, -0.1) is 0 Å². The monoisotopic (exact) mass is 417 g/mol. The Labute approximate surface area is 177 Å². The molecule has 1 aromatic heterocycles. The van der Waals surface area contributed by atoms with Crippen molar-refractivity contribution in [2.45, 2.75) is 6.54 Å². The molecule has 0 aliphatic carbocycles. The summed E-state index contributed by atoms with van der Waals surface area (Å²) in [4.78, 5) is 24.8. The number of benzene rings is 3. The average Bonchev–Trinajstić information content (AvgIpc) is 3.14. The fourth-order valence-corrected chi connectivity index (χ4v) is 3.77. The molecule has 4 rings (SSSR count). The number of carbonyl (C=O) groups is 2. The molecule has 0 aliphatic rings. The van der Waals surface area contributed by atoms with E-state index in [1.165, 1.54) is 11.5 Å². The maximum atomic E-state index is 12.8. The molecular weight excluding hydrogens is 398 g/mol. The lowest BCUT2D eigenvalue weighted by atomic mass is 10.1. The predicted octanol–water partition coefficient (Wildman–Crippen LogP) is 4.45. The Hall–Kier alpha value is -3.91. The highest BCUT2D eigenvalue weighted by atomic mass is 32.1. The zero-order valence-corrected chi connectivity index (χ0v) is 16.7. The highest BCUT2D eigenvalue weighted by Crippen LogP contribution is 2.28. The molecule has 0 saturated carbocycles. The fourth-order valence-electron chi connectivity index (χ4n) is 3.04. The smallest absolute Gasteiger partial charge is 0.319 e. The van der Waals surface area contributed by atoms with E-state index in [1.807, 2.05) is 54.6 Å². The molecule has 0 fully saturated rings. The lowest BCUT2D eigenvalue weighted by molar-refractivity contribution is 0.102. The van der Waals surface area contributed by atoms with Crippen molar-refractivity contribution in [3.05, 3.63) is 83.9 Å². The normalized spacial score (nSPS) is 10.5. The Morgan fingerprint density at radius 2 is 1.67 bits per heavy atom. The zero-order valence-electron chi connectivity index (χ0n) is 15.9. The summed E-state index contributed by atoms with van der Waals surface area (Å²) in [5.41, 5.74) is 8.60. The van der Waals surface area contributed by atoms with Crippen LogP contribution in [0.1, 0.15) is 15.9 Å². The molecule has 0 saturated heterocycles. The predicted molar refractivity (Wildman–Crippen MR) is 121 cm³/mol. The molecule has 7 nitrogen and oxygen atoms in total. The van der Waals surface area contributed by atoms with E-state index in [0.717, 1.165) is 10.3 Å². The van der Waals surface area contributed by atoms with Gasteiger partial charge in [-0.3, -0.25) is 4.79 Å². The summed E-state index contributed by atoms with van der Waals surface area (Å²) < 4.78 is 4.99. The van der Waals surface area contributed by atoms with Crippen molar-refractivity contribution in [2.75, 3.05) is 16.4 Å². The number of amides is 3. The molecule has 4 aromatic rings. The van der Waals surface area contributed by atoms with E-state index >= 15 is 0 Å². The highest BCUT2D eigenvalue weighted by Gasteiger charge is 2.15. The van der Waals surface area contributed by atoms with Gasteiger partial charge in [0.25, 0.3) is 5.91 Å². The molecule has 1 heterocycles. The summed E-state index contributed by atoms with van der Waals surface area (Å²) in [7, 11) is 0. The lowest BCUT2D eigenvalue weighted by Gasteiger charge is -2.10. The van der Waals surface area contributed by atoms with Crippen molar-refractivity contribution in [3.8, 4) is 0 Å². The van der Waals surface area contributed by atoms with Crippen LogP contribution in [0.3, 0.4) is 0 Å². The zero-order chi connectivity index (χ0) is 20.9. The number of anilines is 3. The Balaban J connectivity index is 1.41. The van der Waals surface area contributed by atoms with E-state index in [4.69, 9.17) is 5.73 Å². The highest BCUT2D eigenvalue weighted by molar-refractivity contribution is 7.13. The molecule has 150 valence electrons. The Morgan fingerprint density at radius 3 is 2.50 bits per heavy atom. The largest absolute Gasteiger partial charge is 0.382 e. The third-order valence-corrected chi connectivity index (χ3v) is 5.26. The first kappa shape index (κ1) is 19.4. The van der Waals surface area contributed by atoms with Gasteiger partial charge in [-0.25, -0.2) is 4.79 Å². The van der Waals surface area contributed by atoms with Crippen LogP contribution in [0.4, 0.5) is 22.0 Å². The molecule has 0 atom stereocenters. The van der Waals surface area contributed by atoms with Gasteiger partial charge in [0.05, 0.1) is 10.3 Å². The molecule has 0 unspecified atom stereocenters. The van der Waals surface area contributed by atoms with Crippen molar-refractivity contribution in [2.24, 2.45) is 0 Å². The van der Waals surface area contributed by atoms with Crippen molar-refractivity contribution >= 4 is 50.7 Å². The molecule has 3 aromatic carbocycles. The fraction of sp³-hybridized carbons (Fsp3) is 0.0455. The van der Waals surface area contributed by atoms with E-state index in [-0.39, 0.29) is 11.9 Å². The minimum atomic E-state index is -0.303. The summed E-state index contributed by atoms with van der Waals surface area (Å²) in [5.74, 6) is 0.0857. The number of nitrogens with one attached hydrogen (secondary N) is 3. The van der Waals surface area contributed by atoms with Gasteiger partial charge in [0.2, 0.25) is 0 Å². The second-order valence-corrected chi connectivity index (χ2v) is 7.38. The number of nitrogen functional groups attached to an aromatic ring is 1. The average molecular weight is 417 g/mol. The molecule has 5 N–H and O–H groups in total. The van der Waals surface area contributed by atoms with Crippen LogP contribution in [0.5, 0.6) is 0 Å². The number of rotatable bonds is 5. The number of hydrogen-bond donors (Lipinski definition) is 4. The summed E-state index contributed by atoms with van der Waals surface area (Å²) >= 11 is 1.26. The molecule has 0 aliphatic heterocycles. The second kappa shape index (κ2) is 8.62. The maximum Gasteiger partial charge on any atom is 0.319 e. The summed E-state index contributed by atoms with van der Waals surface area (Å²) in [5, 5.41) is 9.12. The number of urea groups is 1. The number of aromatic nitrogens is 1. The van der Waals surface area contributed by atoms with Crippen LogP contribution in [0.15, 0.2) is 72.8 Å². The molecular formula is C22H19N5O2S.